The van der Waals surface area contributed by atoms with E-state index in [2.05, 4.69) is 20.6 Å². The van der Waals surface area contributed by atoms with Gasteiger partial charge in [-0.2, -0.15) is 0 Å². The lowest BCUT2D eigenvalue weighted by Crippen LogP contribution is -2.36. The van der Waals surface area contributed by atoms with E-state index < -0.39 is 12.3 Å². The van der Waals surface area contributed by atoms with Crippen molar-refractivity contribution in [1.82, 2.24) is 34.9 Å². The van der Waals surface area contributed by atoms with Crippen molar-refractivity contribution >= 4 is 11.8 Å². The van der Waals surface area contributed by atoms with Gasteiger partial charge in [0, 0.05) is 25.5 Å². The van der Waals surface area contributed by atoms with Crippen LogP contribution in [-0.2, 0) is 4.74 Å². The molecule has 1 aromatic carbocycles. The summed E-state index contributed by atoms with van der Waals surface area (Å²) < 4.78 is 23.6. The summed E-state index contributed by atoms with van der Waals surface area (Å²) >= 11 is 0. The summed E-state index contributed by atoms with van der Waals surface area (Å²) in [6, 6.07) is 5.35. The Labute approximate surface area is 171 Å². The monoisotopic (exact) mass is 412 g/mol. The fraction of sp³-hybridized carbons (Fsp3) is 0.421. The summed E-state index contributed by atoms with van der Waals surface area (Å²) in [6.45, 7) is 2.16. The topological polar surface area (TPSA) is 94.2 Å². The lowest BCUT2D eigenvalue weighted by Gasteiger charge is -2.34. The second-order valence-corrected chi connectivity index (χ2v) is 7.38. The molecule has 0 radical (unpaired) electrons. The van der Waals surface area contributed by atoms with Crippen LogP contribution in [0.5, 0.6) is 0 Å². The summed E-state index contributed by atoms with van der Waals surface area (Å²) in [4.78, 5) is 15.7. The number of anilines is 1. The van der Waals surface area contributed by atoms with Crippen LogP contribution in [0.1, 0.15) is 30.6 Å². The molecule has 2 aromatic heterocycles. The van der Waals surface area contributed by atoms with Gasteiger partial charge in [-0.1, -0.05) is 16.5 Å². The molecule has 0 bridgehead atoms. The third-order valence-electron chi connectivity index (χ3n) is 5.67. The van der Waals surface area contributed by atoms with E-state index in [0.29, 0.717) is 24.4 Å². The molecule has 30 heavy (non-hydrogen) atoms. The fourth-order valence-corrected chi connectivity index (χ4v) is 4.17. The average Bonchev–Trinajstić information content (AvgIpc) is 3.53. The lowest BCUT2D eigenvalue weighted by molar-refractivity contribution is 0.139. The van der Waals surface area contributed by atoms with Crippen molar-refractivity contribution in [3.63, 3.8) is 0 Å². The van der Waals surface area contributed by atoms with Gasteiger partial charge in [0.05, 0.1) is 30.7 Å². The normalized spacial score (nSPS) is 18.6. The van der Waals surface area contributed by atoms with Gasteiger partial charge in [-0.3, -0.25) is 4.90 Å². The zero-order valence-electron chi connectivity index (χ0n) is 16.2. The summed E-state index contributed by atoms with van der Waals surface area (Å²) in [6.07, 6.45) is 7.39. The third-order valence-corrected chi connectivity index (χ3v) is 5.67. The first-order valence-corrected chi connectivity index (χ1v) is 9.90. The van der Waals surface area contributed by atoms with Gasteiger partial charge < -0.3 is 9.64 Å². The van der Waals surface area contributed by atoms with Gasteiger partial charge in [-0.05, 0) is 30.5 Å². The van der Waals surface area contributed by atoms with E-state index in [9.17, 15) is 4.79 Å². The molecule has 0 saturated carbocycles. The van der Waals surface area contributed by atoms with Gasteiger partial charge in [0.25, 0.3) is 0 Å². The summed E-state index contributed by atoms with van der Waals surface area (Å²) in [5, 5.41) is 15.8. The maximum absolute atomic E-state index is 15.1. The molecule has 0 aliphatic carbocycles. The first-order chi connectivity index (χ1) is 14.7. The summed E-state index contributed by atoms with van der Waals surface area (Å²) in [5.41, 5.74) is 1.16. The number of rotatable bonds is 5. The summed E-state index contributed by atoms with van der Waals surface area (Å²) in [7, 11) is 0. The number of benzene rings is 1. The second-order valence-electron chi connectivity index (χ2n) is 7.38. The molecule has 2 aliphatic heterocycles. The number of cyclic esters (lactones) is 1. The Balaban J connectivity index is 1.37. The van der Waals surface area contributed by atoms with E-state index in [0.717, 1.165) is 25.9 Å². The Bertz CT molecular complexity index is 1000. The number of ether oxygens (including phenoxy) is 1. The quantitative estimate of drug-likeness (QED) is 0.631. The molecule has 0 N–H and O–H groups in total. The molecule has 156 valence electrons. The van der Waals surface area contributed by atoms with Gasteiger partial charge in [0.1, 0.15) is 12.4 Å². The molecule has 11 heteroatoms. The lowest BCUT2D eigenvalue weighted by atomic mass is 10.0. The first kappa shape index (κ1) is 18.5. The molecule has 10 nitrogen and oxygen atoms in total. The predicted molar refractivity (Wildman–Crippen MR) is 103 cm³/mol. The maximum Gasteiger partial charge on any atom is 0.411 e. The van der Waals surface area contributed by atoms with Gasteiger partial charge >= 0.3 is 6.09 Å². The standard InChI is InChI=1S/C19H21FN8O2/c20-16-13-14(18(28-10-6-22-24-28)26-11-12-30-19(26)29)1-2-17(16)25-7-3-15(4-8-25)27-9-5-21-23-27/h1-2,5-6,9-10,13,15,18H,3-4,7-8,11-12H2/t18-/m1/s1. The molecule has 2 aliphatic rings. The number of halogens is 1. The minimum atomic E-state index is -0.607. The van der Waals surface area contributed by atoms with E-state index in [4.69, 9.17) is 4.74 Å². The van der Waals surface area contributed by atoms with E-state index in [1.807, 2.05) is 21.8 Å². The highest BCUT2D eigenvalue weighted by Gasteiger charge is 2.33. The van der Waals surface area contributed by atoms with Crippen molar-refractivity contribution in [3.8, 4) is 0 Å². The molecule has 1 amide bonds. The van der Waals surface area contributed by atoms with Crippen LogP contribution in [0.3, 0.4) is 0 Å². The van der Waals surface area contributed by atoms with Crippen LogP contribution in [0.25, 0.3) is 0 Å². The largest absolute Gasteiger partial charge is 0.447 e. The Hall–Kier alpha value is -3.50. The average molecular weight is 412 g/mol. The zero-order valence-corrected chi connectivity index (χ0v) is 16.2. The van der Waals surface area contributed by atoms with Crippen molar-refractivity contribution in [1.29, 1.82) is 0 Å². The number of nitrogens with zero attached hydrogens (tertiary/aromatic N) is 8. The predicted octanol–water partition coefficient (Wildman–Crippen LogP) is 1.85. The van der Waals surface area contributed by atoms with Crippen molar-refractivity contribution in [2.75, 3.05) is 31.1 Å². The van der Waals surface area contributed by atoms with Crippen LogP contribution >= 0.6 is 0 Å². The number of amides is 1. The van der Waals surface area contributed by atoms with Gasteiger partial charge in [0.15, 0.2) is 6.17 Å². The minimum Gasteiger partial charge on any atom is -0.447 e. The van der Waals surface area contributed by atoms with Crippen LogP contribution < -0.4 is 4.90 Å². The third kappa shape index (κ3) is 3.36. The Morgan fingerprint density at radius 1 is 1.07 bits per heavy atom. The molecular weight excluding hydrogens is 391 g/mol. The number of carbonyl (C=O) groups excluding carboxylic acids is 1. The van der Waals surface area contributed by atoms with Crippen LogP contribution in [0, 0.1) is 5.82 Å². The molecule has 4 heterocycles. The summed E-state index contributed by atoms with van der Waals surface area (Å²) in [5.74, 6) is -0.329. The molecule has 5 rings (SSSR count). The van der Waals surface area contributed by atoms with Crippen molar-refractivity contribution in [2.45, 2.75) is 25.0 Å². The van der Waals surface area contributed by atoms with Crippen molar-refractivity contribution in [3.05, 3.63) is 54.4 Å². The zero-order chi connectivity index (χ0) is 20.5. The van der Waals surface area contributed by atoms with Crippen LogP contribution in [0.2, 0.25) is 0 Å². The highest BCUT2D eigenvalue weighted by molar-refractivity contribution is 5.70. The van der Waals surface area contributed by atoms with Crippen LogP contribution in [0.15, 0.2) is 43.0 Å². The van der Waals surface area contributed by atoms with Crippen LogP contribution in [-0.4, -0.2) is 67.2 Å². The molecule has 3 aromatic rings. The van der Waals surface area contributed by atoms with Gasteiger partial charge in [-0.15, -0.1) is 10.2 Å². The number of carbonyl (C=O) groups is 1. The maximum atomic E-state index is 15.1. The van der Waals surface area contributed by atoms with Crippen molar-refractivity contribution in [2.24, 2.45) is 0 Å². The fourth-order valence-electron chi connectivity index (χ4n) is 4.17. The highest BCUT2D eigenvalue weighted by atomic mass is 19.1. The van der Waals surface area contributed by atoms with Gasteiger partial charge in [-0.25, -0.2) is 18.5 Å². The second kappa shape index (κ2) is 7.73. The Morgan fingerprint density at radius 3 is 2.50 bits per heavy atom. The molecular formula is C19H21FN8O2. The molecule has 0 unspecified atom stereocenters. The first-order valence-electron chi connectivity index (χ1n) is 9.90. The molecule has 0 spiro atoms. The Morgan fingerprint density at radius 2 is 1.87 bits per heavy atom. The number of piperidine rings is 1. The minimum absolute atomic E-state index is 0.281. The number of hydrogen-bond donors (Lipinski definition) is 0. The highest BCUT2D eigenvalue weighted by Crippen LogP contribution is 2.31. The SMILES string of the molecule is O=C1OCCN1[C@@H](c1ccc(N2CCC(n3ccnn3)CC2)c(F)c1)n1ccnn1. The van der Waals surface area contributed by atoms with E-state index >= 15 is 4.39 Å². The number of aromatic nitrogens is 6. The Kier molecular flexibility index (Phi) is 4.77. The van der Waals surface area contributed by atoms with E-state index in [-0.39, 0.29) is 11.9 Å². The molecule has 2 fully saturated rings. The van der Waals surface area contributed by atoms with E-state index in [1.54, 1.807) is 18.5 Å². The van der Waals surface area contributed by atoms with Crippen molar-refractivity contribution < 1.29 is 13.9 Å². The van der Waals surface area contributed by atoms with Gasteiger partial charge in [0.2, 0.25) is 0 Å². The van der Waals surface area contributed by atoms with Crippen LogP contribution in [0.4, 0.5) is 14.9 Å². The molecule has 1 atom stereocenters. The van der Waals surface area contributed by atoms with E-state index in [1.165, 1.54) is 21.8 Å². The smallest absolute Gasteiger partial charge is 0.411 e. The number of hydrogen-bond acceptors (Lipinski definition) is 7. The molecule has 2 saturated heterocycles.